The predicted molar refractivity (Wildman–Crippen MR) is 112 cm³/mol. The maximum absolute atomic E-state index is 12.8. The van der Waals surface area contributed by atoms with E-state index in [1.807, 2.05) is 24.5 Å². The number of carbonyl (C=O) groups excluding carboxylic acids is 3. The molecule has 2 aromatic rings. The van der Waals surface area contributed by atoms with Crippen molar-refractivity contribution in [1.29, 1.82) is 0 Å². The first-order valence-corrected chi connectivity index (χ1v) is 10.8. The van der Waals surface area contributed by atoms with Crippen LogP contribution in [-0.2, 0) is 11.2 Å². The molecule has 1 atom stereocenters. The summed E-state index contributed by atoms with van der Waals surface area (Å²) in [6.45, 7) is 0.507. The number of aryl methyl sites for hydroxylation is 1. The Balaban J connectivity index is 1.64. The summed E-state index contributed by atoms with van der Waals surface area (Å²) in [7, 11) is 0. The van der Waals surface area contributed by atoms with Crippen LogP contribution in [-0.4, -0.2) is 47.2 Å². The second-order valence-corrected chi connectivity index (χ2v) is 7.69. The van der Waals surface area contributed by atoms with Gasteiger partial charge in [0.2, 0.25) is 5.91 Å². The summed E-state index contributed by atoms with van der Waals surface area (Å²) < 4.78 is 0. The van der Waals surface area contributed by atoms with Crippen LogP contribution in [0.1, 0.15) is 39.1 Å². The standard InChI is InChI=1S/C22H24N2O3S/c1-28-15-13-19(20(25)23-14-7-10-16-8-3-2-4-9-16)24-21(26)17-11-5-6-12-18(17)22(24)27/h2-6,8-9,11-12,19H,7,10,13-15H2,1H3,(H,23,25)/t19-/m1/s1. The van der Waals surface area contributed by atoms with Gasteiger partial charge in [0.15, 0.2) is 0 Å². The van der Waals surface area contributed by atoms with E-state index in [4.69, 9.17) is 0 Å². The summed E-state index contributed by atoms with van der Waals surface area (Å²) in [5.41, 5.74) is 1.97. The SMILES string of the molecule is CSCC[C@H](C(=O)NCCCc1ccccc1)N1C(=O)c2ccccc2C1=O. The monoisotopic (exact) mass is 396 g/mol. The van der Waals surface area contributed by atoms with Gasteiger partial charge in [-0.1, -0.05) is 42.5 Å². The number of thioether (sulfide) groups is 1. The van der Waals surface area contributed by atoms with Gasteiger partial charge in [-0.15, -0.1) is 0 Å². The fourth-order valence-electron chi connectivity index (χ4n) is 3.36. The Hall–Kier alpha value is -2.60. The Morgan fingerprint density at radius 1 is 1.00 bits per heavy atom. The van der Waals surface area contributed by atoms with Crippen molar-refractivity contribution in [3.63, 3.8) is 0 Å². The fourth-order valence-corrected chi connectivity index (χ4v) is 3.82. The molecule has 146 valence electrons. The number of amides is 3. The fraction of sp³-hybridized carbons (Fsp3) is 0.318. The van der Waals surface area contributed by atoms with Crippen LogP contribution in [0.15, 0.2) is 54.6 Å². The lowest BCUT2D eigenvalue weighted by Crippen LogP contribution is -2.50. The number of nitrogens with zero attached hydrogens (tertiary/aromatic N) is 1. The molecule has 0 unspecified atom stereocenters. The Morgan fingerprint density at radius 3 is 2.21 bits per heavy atom. The molecule has 0 saturated carbocycles. The first kappa shape index (κ1) is 20.1. The molecule has 0 bridgehead atoms. The van der Waals surface area contributed by atoms with E-state index in [0.29, 0.717) is 29.8 Å². The van der Waals surface area contributed by atoms with Gasteiger partial charge in [0.1, 0.15) is 6.04 Å². The van der Waals surface area contributed by atoms with Crippen molar-refractivity contribution in [2.45, 2.75) is 25.3 Å². The number of nitrogens with one attached hydrogen (secondary N) is 1. The molecule has 28 heavy (non-hydrogen) atoms. The van der Waals surface area contributed by atoms with Gasteiger partial charge in [0.05, 0.1) is 11.1 Å². The van der Waals surface area contributed by atoms with Gasteiger partial charge in [-0.2, -0.15) is 11.8 Å². The predicted octanol–water partition coefficient (Wildman–Crippen LogP) is 3.15. The molecule has 0 saturated heterocycles. The van der Waals surface area contributed by atoms with Crippen molar-refractivity contribution in [3.05, 3.63) is 71.3 Å². The summed E-state index contributed by atoms with van der Waals surface area (Å²) in [4.78, 5) is 39.5. The molecule has 3 rings (SSSR count). The molecule has 1 N–H and O–H groups in total. The minimum atomic E-state index is -0.781. The molecule has 5 nitrogen and oxygen atoms in total. The third-order valence-electron chi connectivity index (χ3n) is 4.82. The zero-order valence-electron chi connectivity index (χ0n) is 15.9. The molecule has 0 fully saturated rings. The molecular weight excluding hydrogens is 372 g/mol. The minimum absolute atomic E-state index is 0.267. The topological polar surface area (TPSA) is 66.5 Å². The smallest absolute Gasteiger partial charge is 0.262 e. The van der Waals surface area contributed by atoms with Gasteiger partial charge in [-0.05, 0) is 49.0 Å². The van der Waals surface area contributed by atoms with Crippen molar-refractivity contribution >= 4 is 29.5 Å². The molecule has 6 heteroatoms. The third kappa shape index (κ3) is 4.44. The average Bonchev–Trinajstić information content (AvgIpc) is 2.98. The number of imide groups is 1. The summed E-state index contributed by atoms with van der Waals surface area (Å²) >= 11 is 1.59. The van der Waals surface area contributed by atoms with Gasteiger partial charge in [-0.25, -0.2) is 0 Å². The van der Waals surface area contributed by atoms with Gasteiger partial charge >= 0.3 is 0 Å². The van der Waals surface area contributed by atoms with Gasteiger partial charge in [-0.3, -0.25) is 19.3 Å². The van der Waals surface area contributed by atoms with E-state index >= 15 is 0 Å². The molecule has 0 spiro atoms. The van der Waals surface area contributed by atoms with Gasteiger partial charge in [0, 0.05) is 6.54 Å². The van der Waals surface area contributed by atoms with E-state index in [-0.39, 0.29) is 17.7 Å². The zero-order valence-corrected chi connectivity index (χ0v) is 16.7. The highest BCUT2D eigenvalue weighted by atomic mass is 32.2. The largest absolute Gasteiger partial charge is 0.354 e. The number of rotatable bonds is 9. The molecule has 1 heterocycles. The summed E-state index contributed by atoms with van der Waals surface area (Å²) in [6.07, 6.45) is 4.05. The zero-order chi connectivity index (χ0) is 19.9. The minimum Gasteiger partial charge on any atom is -0.354 e. The third-order valence-corrected chi connectivity index (χ3v) is 5.46. The number of carbonyl (C=O) groups is 3. The van der Waals surface area contributed by atoms with Crippen LogP contribution in [0.3, 0.4) is 0 Å². The highest BCUT2D eigenvalue weighted by Gasteiger charge is 2.42. The van der Waals surface area contributed by atoms with Crippen LogP contribution in [0.4, 0.5) is 0 Å². The summed E-state index contributed by atoms with van der Waals surface area (Å²) in [5.74, 6) is -0.343. The van der Waals surface area contributed by atoms with Crippen LogP contribution in [0.25, 0.3) is 0 Å². The van der Waals surface area contributed by atoms with Crippen molar-refractivity contribution in [2.75, 3.05) is 18.6 Å². The number of benzene rings is 2. The molecule has 1 aliphatic heterocycles. The Morgan fingerprint density at radius 2 is 1.61 bits per heavy atom. The maximum Gasteiger partial charge on any atom is 0.262 e. The average molecular weight is 397 g/mol. The number of hydrogen-bond donors (Lipinski definition) is 1. The van der Waals surface area contributed by atoms with E-state index in [0.717, 1.165) is 17.7 Å². The molecule has 3 amide bonds. The van der Waals surface area contributed by atoms with Crippen molar-refractivity contribution in [2.24, 2.45) is 0 Å². The van der Waals surface area contributed by atoms with Gasteiger partial charge in [0.25, 0.3) is 11.8 Å². The molecule has 0 radical (unpaired) electrons. The van der Waals surface area contributed by atoms with Gasteiger partial charge < -0.3 is 5.32 Å². The summed E-state index contributed by atoms with van der Waals surface area (Å²) in [5, 5.41) is 2.91. The lowest BCUT2D eigenvalue weighted by atomic mass is 10.1. The van der Waals surface area contributed by atoms with Crippen molar-refractivity contribution in [3.8, 4) is 0 Å². The molecule has 0 aliphatic carbocycles. The van der Waals surface area contributed by atoms with Crippen LogP contribution in [0.5, 0.6) is 0 Å². The van der Waals surface area contributed by atoms with Crippen molar-refractivity contribution in [1.82, 2.24) is 10.2 Å². The number of fused-ring (bicyclic) bond motifs is 1. The highest BCUT2D eigenvalue weighted by Crippen LogP contribution is 2.26. The van der Waals surface area contributed by atoms with Crippen molar-refractivity contribution < 1.29 is 14.4 Å². The normalized spacial score (nSPS) is 14.1. The van der Waals surface area contributed by atoms with Crippen LogP contribution >= 0.6 is 11.8 Å². The molecule has 1 aliphatic rings. The van der Waals surface area contributed by atoms with Crippen LogP contribution in [0.2, 0.25) is 0 Å². The van der Waals surface area contributed by atoms with E-state index in [2.05, 4.69) is 17.4 Å². The maximum atomic E-state index is 12.8. The quantitative estimate of drug-likeness (QED) is 0.522. The molecular formula is C22H24N2O3S. The Bertz CT molecular complexity index is 819. The molecule has 0 aromatic heterocycles. The lowest BCUT2D eigenvalue weighted by Gasteiger charge is -2.25. The van der Waals surface area contributed by atoms with E-state index in [9.17, 15) is 14.4 Å². The second-order valence-electron chi connectivity index (χ2n) is 6.70. The Labute approximate surface area is 169 Å². The number of hydrogen-bond acceptors (Lipinski definition) is 4. The Kier molecular flexibility index (Phi) is 6.87. The summed E-state index contributed by atoms with van der Waals surface area (Å²) in [6, 6.07) is 16.0. The highest BCUT2D eigenvalue weighted by molar-refractivity contribution is 7.98. The molecule has 2 aromatic carbocycles. The van der Waals surface area contributed by atoms with E-state index < -0.39 is 6.04 Å². The van der Waals surface area contributed by atoms with Crippen LogP contribution in [0, 0.1) is 0 Å². The lowest BCUT2D eigenvalue weighted by molar-refractivity contribution is -0.125. The van der Waals surface area contributed by atoms with E-state index in [1.54, 1.807) is 36.0 Å². The second kappa shape index (κ2) is 9.55. The first-order chi connectivity index (χ1) is 13.6. The first-order valence-electron chi connectivity index (χ1n) is 9.41. The van der Waals surface area contributed by atoms with Crippen LogP contribution < -0.4 is 5.32 Å². The van der Waals surface area contributed by atoms with E-state index in [1.165, 1.54) is 5.56 Å².